The van der Waals surface area contributed by atoms with Crippen LogP contribution < -0.4 is 5.32 Å². The van der Waals surface area contributed by atoms with Gasteiger partial charge in [-0.2, -0.15) is 0 Å². The van der Waals surface area contributed by atoms with Gasteiger partial charge in [-0.05, 0) is 25.5 Å². The molecule has 0 radical (unpaired) electrons. The van der Waals surface area contributed by atoms with Gasteiger partial charge < -0.3 is 14.8 Å². The van der Waals surface area contributed by atoms with Gasteiger partial charge in [0.25, 0.3) is 0 Å². The maximum atomic E-state index is 11.8. The highest BCUT2D eigenvalue weighted by molar-refractivity contribution is 14.0. The van der Waals surface area contributed by atoms with Crippen molar-refractivity contribution in [2.24, 2.45) is 12.0 Å². The van der Waals surface area contributed by atoms with Crippen molar-refractivity contribution in [3.8, 4) is 0 Å². The molecule has 8 heteroatoms. The van der Waals surface area contributed by atoms with E-state index in [9.17, 15) is 9.59 Å². The van der Waals surface area contributed by atoms with E-state index in [1.54, 1.807) is 0 Å². The second kappa shape index (κ2) is 10.4. The summed E-state index contributed by atoms with van der Waals surface area (Å²) in [5, 5.41) is 3.25. The normalized spacial score (nSPS) is 15.2. The molecule has 1 fully saturated rings. The van der Waals surface area contributed by atoms with Gasteiger partial charge in [0.1, 0.15) is 0 Å². The molecule has 0 saturated carbocycles. The largest absolute Gasteiger partial charge is 0.357 e. The Labute approximate surface area is 166 Å². The van der Waals surface area contributed by atoms with Gasteiger partial charge in [0, 0.05) is 51.9 Å². The van der Waals surface area contributed by atoms with Crippen molar-refractivity contribution in [1.82, 2.24) is 19.7 Å². The van der Waals surface area contributed by atoms with Crippen LogP contribution in [0.5, 0.6) is 0 Å². The first-order chi connectivity index (χ1) is 11.5. The fourth-order valence-corrected chi connectivity index (χ4v) is 2.75. The van der Waals surface area contributed by atoms with Crippen molar-refractivity contribution >= 4 is 41.8 Å². The van der Waals surface area contributed by atoms with Gasteiger partial charge in [0.2, 0.25) is 11.8 Å². The lowest BCUT2D eigenvalue weighted by Crippen LogP contribution is -2.42. The van der Waals surface area contributed by atoms with E-state index >= 15 is 0 Å². The van der Waals surface area contributed by atoms with E-state index in [2.05, 4.69) is 20.9 Å². The van der Waals surface area contributed by atoms with E-state index in [4.69, 9.17) is 0 Å². The Balaban J connectivity index is 0.00000312. The number of guanidine groups is 1. The number of hydrogen-bond acceptors (Lipinski definition) is 3. The average Bonchev–Trinajstić information content (AvgIpc) is 2.94. The van der Waals surface area contributed by atoms with E-state index in [0.29, 0.717) is 32.4 Å². The minimum Gasteiger partial charge on any atom is -0.357 e. The van der Waals surface area contributed by atoms with Crippen molar-refractivity contribution < 1.29 is 9.59 Å². The number of hydrogen-bond donors (Lipinski definition) is 1. The highest BCUT2D eigenvalue weighted by Gasteiger charge is 2.25. The van der Waals surface area contributed by atoms with Crippen LogP contribution in [0.2, 0.25) is 0 Å². The van der Waals surface area contributed by atoms with Crippen LogP contribution in [0.25, 0.3) is 0 Å². The van der Waals surface area contributed by atoms with E-state index in [1.165, 1.54) is 10.6 Å². The Morgan fingerprint density at radius 3 is 2.56 bits per heavy atom. The Morgan fingerprint density at radius 1 is 1.32 bits per heavy atom. The monoisotopic (exact) mass is 461 g/mol. The molecule has 0 bridgehead atoms. The Morgan fingerprint density at radius 2 is 2.00 bits per heavy atom. The first-order valence-electron chi connectivity index (χ1n) is 8.45. The van der Waals surface area contributed by atoms with Crippen LogP contribution in [-0.2, 0) is 23.2 Å². The number of nitrogens with one attached hydrogen (secondary N) is 1. The lowest BCUT2D eigenvalue weighted by Gasteiger charge is -2.25. The molecular weight excluding hydrogens is 433 g/mol. The third-order valence-corrected chi connectivity index (χ3v) is 4.12. The summed E-state index contributed by atoms with van der Waals surface area (Å²) in [5.41, 5.74) is 1.18. The molecule has 140 valence electrons. The number of halogens is 1. The molecular formula is C17H28IN5O2. The summed E-state index contributed by atoms with van der Waals surface area (Å²) in [6, 6.07) is 4.09. The molecule has 0 aliphatic carbocycles. The maximum Gasteiger partial charge on any atom is 0.229 e. The van der Waals surface area contributed by atoms with Gasteiger partial charge in [0.05, 0.1) is 13.1 Å². The number of nitrogens with zero attached hydrogens (tertiary/aromatic N) is 4. The smallest absolute Gasteiger partial charge is 0.229 e. The number of aliphatic imine (C=N–C) groups is 1. The summed E-state index contributed by atoms with van der Waals surface area (Å²) < 4.78 is 2.07. The van der Waals surface area contributed by atoms with Gasteiger partial charge in [-0.25, -0.2) is 0 Å². The van der Waals surface area contributed by atoms with Gasteiger partial charge in [-0.3, -0.25) is 19.5 Å². The zero-order valence-electron chi connectivity index (χ0n) is 15.2. The minimum atomic E-state index is -0.0800. The number of aryl methyl sites for hydroxylation is 1. The third-order valence-electron chi connectivity index (χ3n) is 4.12. The van der Waals surface area contributed by atoms with Gasteiger partial charge in [-0.15, -0.1) is 24.0 Å². The predicted octanol–water partition coefficient (Wildman–Crippen LogP) is 1.58. The van der Waals surface area contributed by atoms with Crippen LogP contribution in [0.15, 0.2) is 23.3 Å². The van der Waals surface area contributed by atoms with Crippen LogP contribution in [0, 0.1) is 0 Å². The molecule has 2 rings (SSSR count). The van der Waals surface area contributed by atoms with Crippen molar-refractivity contribution in [3.05, 3.63) is 24.0 Å². The van der Waals surface area contributed by atoms with E-state index in [1.807, 2.05) is 38.2 Å². The van der Waals surface area contributed by atoms with Crippen molar-refractivity contribution in [3.63, 3.8) is 0 Å². The molecule has 0 spiro atoms. The fourth-order valence-electron chi connectivity index (χ4n) is 2.75. The van der Waals surface area contributed by atoms with Crippen LogP contribution in [0.3, 0.4) is 0 Å². The summed E-state index contributed by atoms with van der Waals surface area (Å²) in [7, 11) is 3.99. The molecule has 2 heterocycles. The standard InChI is InChI=1S/C17H27N5O2.HI/c1-4-18-17(21(3)13-14-7-6-11-20(14)2)19-10-12-22-15(23)8-5-9-16(22)24;/h6-7,11H,4-5,8-10,12-13H2,1-3H3,(H,18,19);1H. The number of imide groups is 1. The summed E-state index contributed by atoms with van der Waals surface area (Å²) in [6.07, 6.45) is 3.60. The topological polar surface area (TPSA) is 69.9 Å². The predicted molar refractivity (Wildman–Crippen MR) is 109 cm³/mol. The molecule has 1 aromatic rings. The quantitative estimate of drug-likeness (QED) is 0.302. The number of rotatable bonds is 6. The number of carbonyl (C=O) groups is 2. The van der Waals surface area contributed by atoms with Crippen LogP contribution in [-0.4, -0.2) is 58.8 Å². The highest BCUT2D eigenvalue weighted by atomic mass is 127. The third kappa shape index (κ3) is 6.02. The van der Waals surface area contributed by atoms with E-state index in [0.717, 1.165) is 19.0 Å². The second-order valence-electron chi connectivity index (χ2n) is 5.99. The molecule has 25 heavy (non-hydrogen) atoms. The van der Waals surface area contributed by atoms with Crippen LogP contribution in [0.1, 0.15) is 31.9 Å². The first-order valence-corrected chi connectivity index (χ1v) is 8.45. The van der Waals surface area contributed by atoms with Crippen molar-refractivity contribution in [2.45, 2.75) is 32.7 Å². The Kier molecular flexibility index (Phi) is 8.95. The Bertz CT molecular complexity index is 598. The second-order valence-corrected chi connectivity index (χ2v) is 5.99. The molecule has 0 atom stereocenters. The molecule has 2 amide bonds. The summed E-state index contributed by atoms with van der Waals surface area (Å²) in [6.45, 7) is 4.28. The van der Waals surface area contributed by atoms with Crippen molar-refractivity contribution in [1.29, 1.82) is 0 Å². The van der Waals surface area contributed by atoms with Gasteiger partial charge >= 0.3 is 0 Å². The summed E-state index contributed by atoms with van der Waals surface area (Å²) >= 11 is 0. The van der Waals surface area contributed by atoms with Crippen LogP contribution in [0.4, 0.5) is 0 Å². The molecule has 7 nitrogen and oxygen atoms in total. The molecule has 1 aliphatic heterocycles. The van der Waals surface area contributed by atoms with Gasteiger partial charge in [-0.1, -0.05) is 0 Å². The number of piperidine rings is 1. The molecule has 1 saturated heterocycles. The number of amides is 2. The summed E-state index contributed by atoms with van der Waals surface area (Å²) in [5.74, 6) is 0.614. The molecule has 0 aromatic carbocycles. The van der Waals surface area contributed by atoms with E-state index in [-0.39, 0.29) is 35.8 Å². The minimum absolute atomic E-state index is 0. The highest BCUT2D eigenvalue weighted by Crippen LogP contribution is 2.11. The van der Waals surface area contributed by atoms with Crippen molar-refractivity contribution in [2.75, 3.05) is 26.7 Å². The summed E-state index contributed by atoms with van der Waals surface area (Å²) in [4.78, 5) is 31.6. The first kappa shape index (κ1) is 21.5. The number of likely N-dealkylation sites (tertiary alicyclic amines) is 1. The zero-order chi connectivity index (χ0) is 17.5. The zero-order valence-corrected chi connectivity index (χ0v) is 17.5. The van der Waals surface area contributed by atoms with E-state index < -0.39 is 0 Å². The Hall–Kier alpha value is -1.58. The molecule has 0 unspecified atom stereocenters. The average molecular weight is 461 g/mol. The molecule has 1 N–H and O–H groups in total. The lowest BCUT2D eigenvalue weighted by molar-refractivity contribution is -0.147. The number of carbonyl (C=O) groups excluding carboxylic acids is 2. The maximum absolute atomic E-state index is 11.8. The van der Waals surface area contributed by atoms with Gasteiger partial charge in [0.15, 0.2) is 5.96 Å². The molecule has 1 aromatic heterocycles. The molecule has 1 aliphatic rings. The SMILES string of the molecule is CCNC(=NCCN1C(=O)CCCC1=O)N(C)Cc1cccn1C.I. The lowest BCUT2D eigenvalue weighted by atomic mass is 10.1. The fraction of sp³-hybridized carbons (Fsp3) is 0.588. The van der Waals surface area contributed by atoms with Crippen LogP contribution >= 0.6 is 24.0 Å². The number of aromatic nitrogens is 1.